The van der Waals surface area contributed by atoms with Crippen LogP contribution in [0.25, 0.3) is 11.1 Å². The molecular weight excluding hydrogens is 358 g/mol. The van der Waals surface area contributed by atoms with Gasteiger partial charge in [0, 0.05) is 18.7 Å². The summed E-state index contributed by atoms with van der Waals surface area (Å²) in [4.78, 5) is 40.5. The molecule has 4 rings (SSSR count). The van der Waals surface area contributed by atoms with Crippen LogP contribution >= 0.6 is 0 Å². The molecule has 0 unspecified atom stereocenters. The second-order valence-corrected chi connectivity index (χ2v) is 6.99. The number of benzene rings is 2. The molecule has 144 valence electrons. The molecule has 7 nitrogen and oxygen atoms in total. The Bertz CT molecular complexity index is 898. The molecule has 2 aromatic carbocycles. The first kappa shape index (κ1) is 18.2. The van der Waals surface area contributed by atoms with Gasteiger partial charge in [-0.1, -0.05) is 42.5 Å². The number of nitrogens with zero attached hydrogens (tertiary/aromatic N) is 2. The van der Waals surface area contributed by atoms with Crippen LogP contribution in [0.15, 0.2) is 54.6 Å². The van der Waals surface area contributed by atoms with Crippen LogP contribution in [-0.4, -0.2) is 71.0 Å². The lowest BCUT2D eigenvalue weighted by Crippen LogP contribution is -2.70. The zero-order valence-corrected chi connectivity index (χ0v) is 15.2. The minimum absolute atomic E-state index is 0.148. The maximum atomic E-state index is 12.9. The molecule has 0 aliphatic carbocycles. The van der Waals surface area contributed by atoms with Crippen LogP contribution in [0.2, 0.25) is 0 Å². The van der Waals surface area contributed by atoms with Gasteiger partial charge in [-0.05, 0) is 23.3 Å². The zero-order chi connectivity index (χ0) is 19.7. The second-order valence-electron chi connectivity index (χ2n) is 6.99. The molecule has 2 heterocycles. The van der Waals surface area contributed by atoms with Crippen molar-refractivity contribution in [2.24, 2.45) is 0 Å². The topological polar surface area (TPSA) is 89.9 Å². The van der Waals surface area contributed by atoms with E-state index in [0.717, 1.165) is 11.1 Å². The zero-order valence-electron chi connectivity index (χ0n) is 15.2. The fourth-order valence-electron chi connectivity index (χ4n) is 3.73. The third kappa shape index (κ3) is 3.25. The standard InChI is InChI=1S/C21H21N3O4/c25-13-17-21(28)24-11-10-23(12-18(24)19(26)22-17)20(27)16-8-6-15(7-9-16)14-4-2-1-3-5-14/h1-9,17-18,25H,10-13H2,(H,22,26)/t17-,18-/m1/s1. The van der Waals surface area contributed by atoms with Crippen LogP contribution in [0.4, 0.5) is 0 Å². The Morgan fingerprint density at radius 1 is 1.00 bits per heavy atom. The van der Waals surface area contributed by atoms with Crippen molar-refractivity contribution in [2.45, 2.75) is 12.1 Å². The Labute approximate surface area is 162 Å². The molecule has 2 saturated heterocycles. The van der Waals surface area contributed by atoms with E-state index in [0.29, 0.717) is 12.1 Å². The van der Waals surface area contributed by atoms with Gasteiger partial charge in [0.2, 0.25) is 11.8 Å². The molecule has 0 radical (unpaired) electrons. The highest BCUT2D eigenvalue weighted by molar-refractivity contribution is 5.99. The molecule has 2 atom stereocenters. The molecule has 7 heteroatoms. The summed E-state index contributed by atoms with van der Waals surface area (Å²) >= 11 is 0. The van der Waals surface area contributed by atoms with E-state index in [-0.39, 0.29) is 30.8 Å². The van der Waals surface area contributed by atoms with Gasteiger partial charge in [-0.3, -0.25) is 14.4 Å². The number of aliphatic hydroxyl groups excluding tert-OH is 1. The maximum absolute atomic E-state index is 12.9. The average Bonchev–Trinajstić information content (AvgIpc) is 2.76. The van der Waals surface area contributed by atoms with Crippen molar-refractivity contribution < 1.29 is 19.5 Å². The quantitative estimate of drug-likeness (QED) is 0.813. The molecule has 2 fully saturated rings. The number of carbonyl (C=O) groups excluding carboxylic acids is 3. The van der Waals surface area contributed by atoms with Crippen LogP contribution < -0.4 is 5.32 Å². The van der Waals surface area contributed by atoms with E-state index in [4.69, 9.17) is 0 Å². The van der Waals surface area contributed by atoms with Gasteiger partial charge in [-0.25, -0.2) is 0 Å². The predicted octanol–water partition coefficient (Wildman–Crippen LogP) is 0.497. The molecule has 0 saturated carbocycles. The maximum Gasteiger partial charge on any atom is 0.253 e. The lowest BCUT2D eigenvalue weighted by molar-refractivity contribution is -0.153. The smallest absolute Gasteiger partial charge is 0.253 e. The lowest BCUT2D eigenvalue weighted by atomic mass is 10.0. The average molecular weight is 379 g/mol. The number of hydrogen-bond donors (Lipinski definition) is 2. The van der Waals surface area contributed by atoms with Gasteiger partial charge in [0.25, 0.3) is 5.91 Å². The van der Waals surface area contributed by atoms with Crippen molar-refractivity contribution in [3.63, 3.8) is 0 Å². The molecule has 2 aromatic rings. The van der Waals surface area contributed by atoms with Crippen LogP contribution in [-0.2, 0) is 9.59 Å². The number of hydrogen-bond acceptors (Lipinski definition) is 4. The number of piperazine rings is 2. The fourth-order valence-corrected chi connectivity index (χ4v) is 3.73. The van der Waals surface area contributed by atoms with E-state index in [9.17, 15) is 19.5 Å². The Hall–Kier alpha value is -3.19. The number of fused-ring (bicyclic) bond motifs is 1. The van der Waals surface area contributed by atoms with Crippen molar-refractivity contribution >= 4 is 17.7 Å². The van der Waals surface area contributed by atoms with Crippen LogP contribution in [0.5, 0.6) is 0 Å². The van der Waals surface area contributed by atoms with Gasteiger partial charge in [0.05, 0.1) is 13.2 Å². The molecule has 0 bridgehead atoms. The molecular formula is C21H21N3O4. The van der Waals surface area contributed by atoms with Gasteiger partial charge in [0.15, 0.2) is 0 Å². The van der Waals surface area contributed by atoms with E-state index < -0.39 is 18.7 Å². The summed E-state index contributed by atoms with van der Waals surface area (Å²) in [6, 6.07) is 15.7. The summed E-state index contributed by atoms with van der Waals surface area (Å²) in [6.45, 7) is 0.355. The summed E-state index contributed by atoms with van der Waals surface area (Å²) in [6.07, 6.45) is 0. The first-order chi connectivity index (χ1) is 13.6. The fraction of sp³-hybridized carbons (Fsp3) is 0.286. The highest BCUT2D eigenvalue weighted by atomic mass is 16.3. The minimum Gasteiger partial charge on any atom is -0.394 e. The monoisotopic (exact) mass is 379 g/mol. The van der Waals surface area contributed by atoms with Crippen LogP contribution in [0.1, 0.15) is 10.4 Å². The van der Waals surface area contributed by atoms with Crippen molar-refractivity contribution in [1.82, 2.24) is 15.1 Å². The van der Waals surface area contributed by atoms with Crippen molar-refractivity contribution in [2.75, 3.05) is 26.2 Å². The van der Waals surface area contributed by atoms with E-state index in [1.807, 2.05) is 42.5 Å². The molecule has 28 heavy (non-hydrogen) atoms. The summed E-state index contributed by atoms with van der Waals surface area (Å²) in [5, 5.41) is 11.8. The highest BCUT2D eigenvalue weighted by Gasteiger charge is 2.44. The minimum atomic E-state index is -0.892. The summed E-state index contributed by atoms with van der Waals surface area (Å²) in [7, 11) is 0. The summed E-state index contributed by atoms with van der Waals surface area (Å²) < 4.78 is 0. The third-order valence-corrected chi connectivity index (χ3v) is 5.29. The van der Waals surface area contributed by atoms with E-state index in [1.54, 1.807) is 17.0 Å². The normalized spacial score (nSPS) is 21.9. The van der Waals surface area contributed by atoms with Gasteiger partial charge in [0.1, 0.15) is 12.1 Å². The van der Waals surface area contributed by atoms with E-state index in [2.05, 4.69) is 5.32 Å². The molecule has 2 aliphatic heterocycles. The predicted molar refractivity (Wildman–Crippen MR) is 102 cm³/mol. The Balaban J connectivity index is 1.48. The molecule has 0 spiro atoms. The first-order valence-electron chi connectivity index (χ1n) is 9.25. The lowest BCUT2D eigenvalue weighted by Gasteiger charge is -2.44. The Morgan fingerprint density at radius 2 is 1.68 bits per heavy atom. The number of rotatable bonds is 3. The molecule has 2 N–H and O–H groups in total. The number of aliphatic hydroxyl groups is 1. The molecule has 0 aromatic heterocycles. The van der Waals surface area contributed by atoms with Crippen molar-refractivity contribution in [1.29, 1.82) is 0 Å². The molecule has 3 amide bonds. The van der Waals surface area contributed by atoms with Crippen molar-refractivity contribution in [3.05, 3.63) is 60.2 Å². The summed E-state index contributed by atoms with van der Waals surface area (Å²) in [5.74, 6) is -0.800. The van der Waals surface area contributed by atoms with Crippen molar-refractivity contribution in [3.8, 4) is 11.1 Å². The number of nitrogens with one attached hydrogen (secondary N) is 1. The Morgan fingerprint density at radius 3 is 2.36 bits per heavy atom. The number of amides is 3. The number of carbonyl (C=O) groups is 3. The highest BCUT2D eigenvalue weighted by Crippen LogP contribution is 2.21. The van der Waals surface area contributed by atoms with Gasteiger partial charge < -0.3 is 20.2 Å². The van der Waals surface area contributed by atoms with Crippen LogP contribution in [0.3, 0.4) is 0 Å². The van der Waals surface area contributed by atoms with E-state index in [1.165, 1.54) is 4.90 Å². The Kier molecular flexibility index (Phi) is 4.83. The first-order valence-corrected chi connectivity index (χ1v) is 9.25. The largest absolute Gasteiger partial charge is 0.394 e. The van der Waals surface area contributed by atoms with Crippen LogP contribution in [0, 0.1) is 0 Å². The summed E-state index contributed by atoms with van der Waals surface area (Å²) in [5.41, 5.74) is 2.64. The van der Waals surface area contributed by atoms with E-state index >= 15 is 0 Å². The molecule has 2 aliphatic rings. The second kappa shape index (κ2) is 7.44. The van der Waals surface area contributed by atoms with Gasteiger partial charge in [-0.15, -0.1) is 0 Å². The van der Waals surface area contributed by atoms with Gasteiger partial charge >= 0.3 is 0 Å². The third-order valence-electron chi connectivity index (χ3n) is 5.29. The SMILES string of the molecule is O=C1N[C@H](CO)C(=O)N2CCN(C(=O)c3ccc(-c4ccccc4)cc3)C[C@H]12. The van der Waals surface area contributed by atoms with Gasteiger partial charge in [-0.2, -0.15) is 0 Å².